The van der Waals surface area contributed by atoms with Crippen molar-refractivity contribution < 1.29 is 0 Å². The van der Waals surface area contributed by atoms with Crippen molar-refractivity contribution in [1.29, 1.82) is 0 Å². The van der Waals surface area contributed by atoms with E-state index in [4.69, 9.17) is 0 Å². The first-order valence-corrected chi connectivity index (χ1v) is 8.70. The number of hydrogen-bond donors (Lipinski definition) is 2. The quantitative estimate of drug-likeness (QED) is 0.526. The highest BCUT2D eigenvalue weighted by atomic mass is 15.0. The maximum absolute atomic E-state index is 4.64. The standard InChI is InChI=1S/C22H20N4/c1-3-7-17(8-4-1)15-23-20-13-11-19-12-14-21(26-22(19)25-20)24-16-18-9-5-2-6-10-18/h1-14H,15-16H2,(H2,23,24,25,26). The fourth-order valence-corrected chi connectivity index (χ4v) is 2.77. The molecule has 0 saturated carbocycles. The van der Waals surface area contributed by atoms with Crippen LogP contribution in [0.3, 0.4) is 0 Å². The highest BCUT2D eigenvalue weighted by Crippen LogP contribution is 2.17. The minimum Gasteiger partial charge on any atom is -0.366 e. The Morgan fingerprint density at radius 2 is 1.00 bits per heavy atom. The fourth-order valence-electron chi connectivity index (χ4n) is 2.77. The molecule has 0 aliphatic rings. The van der Waals surface area contributed by atoms with Crippen LogP contribution >= 0.6 is 0 Å². The normalized spacial score (nSPS) is 10.6. The van der Waals surface area contributed by atoms with Crippen molar-refractivity contribution in [3.63, 3.8) is 0 Å². The van der Waals surface area contributed by atoms with Gasteiger partial charge in [-0.15, -0.1) is 0 Å². The summed E-state index contributed by atoms with van der Waals surface area (Å²) in [7, 11) is 0. The largest absolute Gasteiger partial charge is 0.366 e. The Morgan fingerprint density at radius 1 is 0.538 bits per heavy atom. The topological polar surface area (TPSA) is 49.8 Å². The van der Waals surface area contributed by atoms with E-state index >= 15 is 0 Å². The summed E-state index contributed by atoms with van der Waals surface area (Å²) >= 11 is 0. The van der Waals surface area contributed by atoms with Crippen molar-refractivity contribution in [2.75, 3.05) is 10.6 Å². The van der Waals surface area contributed by atoms with Gasteiger partial charge in [-0.1, -0.05) is 60.7 Å². The summed E-state index contributed by atoms with van der Waals surface area (Å²) in [4.78, 5) is 9.29. The Labute approximate surface area is 152 Å². The third-order valence-corrected chi connectivity index (χ3v) is 4.19. The predicted octanol–water partition coefficient (Wildman–Crippen LogP) is 4.85. The second kappa shape index (κ2) is 7.66. The van der Waals surface area contributed by atoms with E-state index in [0.29, 0.717) is 0 Å². The Kier molecular flexibility index (Phi) is 4.74. The summed E-state index contributed by atoms with van der Waals surface area (Å²) in [5, 5.41) is 7.75. The number of fused-ring (bicyclic) bond motifs is 1. The number of anilines is 2. The molecule has 4 rings (SSSR count). The van der Waals surface area contributed by atoms with E-state index in [2.05, 4.69) is 44.9 Å². The monoisotopic (exact) mass is 340 g/mol. The fraction of sp³-hybridized carbons (Fsp3) is 0.0909. The highest BCUT2D eigenvalue weighted by molar-refractivity contribution is 5.78. The molecule has 2 aromatic heterocycles. The number of hydrogen-bond acceptors (Lipinski definition) is 4. The Morgan fingerprint density at radius 3 is 1.46 bits per heavy atom. The molecule has 4 aromatic rings. The van der Waals surface area contributed by atoms with E-state index in [0.717, 1.165) is 35.8 Å². The van der Waals surface area contributed by atoms with E-state index in [9.17, 15) is 0 Å². The molecule has 0 saturated heterocycles. The Hall–Kier alpha value is -3.40. The van der Waals surface area contributed by atoms with Crippen LogP contribution in [0.5, 0.6) is 0 Å². The summed E-state index contributed by atoms with van der Waals surface area (Å²) in [6.07, 6.45) is 0. The van der Waals surface area contributed by atoms with Gasteiger partial charge in [0.05, 0.1) is 0 Å². The summed E-state index contributed by atoms with van der Waals surface area (Å²) < 4.78 is 0. The third-order valence-electron chi connectivity index (χ3n) is 4.19. The number of nitrogens with one attached hydrogen (secondary N) is 2. The zero-order chi connectivity index (χ0) is 17.6. The second-order valence-electron chi connectivity index (χ2n) is 6.12. The van der Waals surface area contributed by atoms with Crippen LogP contribution in [-0.2, 0) is 13.1 Å². The molecular formula is C22H20N4. The number of benzene rings is 2. The summed E-state index contributed by atoms with van der Waals surface area (Å²) in [6.45, 7) is 1.48. The first-order valence-electron chi connectivity index (χ1n) is 8.70. The van der Waals surface area contributed by atoms with Crippen LogP contribution in [0.15, 0.2) is 84.9 Å². The molecule has 0 aliphatic carbocycles. The lowest BCUT2D eigenvalue weighted by atomic mass is 10.2. The lowest BCUT2D eigenvalue weighted by Crippen LogP contribution is -2.03. The van der Waals surface area contributed by atoms with Crippen molar-refractivity contribution in [1.82, 2.24) is 9.97 Å². The maximum atomic E-state index is 4.64. The molecular weight excluding hydrogens is 320 g/mol. The molecule has 0 atom stereocenters. The first kappa shape index (κ1) is 16.1. The number of pyridine rings is 2. The average molecular weight is 340 g/mol. The van der Waals surface area contributed by atoms with Gasteiger partial charge in [-0.05, 0) is 35.4 Å². The highest BCUT2D eigenvalue weighted by Gasteiger charge is 2.02. The van der Waals surface area contributed by atoms with Gasteiger partial charge in [0.15, 0.2) is 5.65 Å². The van der Waals surface area contributed by atoms with Crippen molar-refractivity contribution in [2.45, 2.75) is 13.1 Å². The van der Waals surface area contributed by atoms with Gasteiger partial charge >= 0.3 is 0 Å². The van der Waals surface area contributed by atoms with Crippen molar-refractivity contribution in [3.05, 3.63) is 96.1 Å². The summed E-state index contributed by atoms with van der Waals surface area (Å²) in [6, 6.07) is 28.6. The van der Waals surface area contributed by atoms with E-state index < -0.39 is 0 Å². The predicted molar refractivity (Wildman–Crippen MR) is 107 cm³/mol. The van der Waals surface area contributed by atoms with Crippen LogP contribution in [-0.4, -0.2) is 9.97 Å². The molecule has 4 heteroatoms. The van der Waals surface area contributed by atoms with Crippen LogP contribution in [0, 0.1) is 0 Å². The van der Waals surface area contributed by atoms with E-state index in [1.54, 1.807) is 0 Å². The summed E-state index contributed by atoms with van der Waals surface area (Å²) in [5.74, 6) is 1.66. The lowest BCUT2D eigenvalue weighted by Gasteiger charge is -2.09. The van der Waals surface area contributed by atoms with Gasteiger partial charge in [0.1, 0.15) is 11.6 Å². The molecule has 0 amide bonds. The van der Waals surface area contributed by atoms with Crippen molar-refractivity contribution >= 4 is 22.7 Å². The molecule has 2 heterocycles. The second-order valence-corrected chi connectivity index (χ2v) is 6.12. The SMILES string of the molecule is c1ccc(CNc2ccc3ccc(NCc4ccccc4)nc3n2)cc1. The van der Waals surface area contributed by atoms with Gasteiger partial charge in [-0.2, -0.15) is 0 Å². The van der Waals surface area contributed by atoms with Crippen molar-refractivity contribution in [2.24, 2.45) is 0 Å². The van der Waals surface area contributed by atoms with Gasteiger partial charge in [-0.25, -0.2) is 9.97 Å². The van der Waals surface area contributed by atoms with Gasteiger partial charge in [0.2, 0.25) is 0 Å². The molecule has 2 N–H and O–H groups in total. The van der Waals surface area contributed by atoms with Crippen LogP contribution < -0.4 is 10.6 Å². The minimum absolute atomic E-state index is 0.737. The molecule has 0 spiro atoms. The van der Waals surface area contributed by atoms with E-state index in [1.807, 2.05) is 60.7 Å². The summed E-state index contributed by atoms with van der Waals surface area (Å²) in [5.41, 5.74) is 3.18. The van der Waals surface area contributed by atoms with E-state index in [-0.39, 0.29) is 0 Å². The molecule has 26 heavy (non-hydrogen) atoms. The average Bonchev–Trinajstić information content (AvgIpc) is 2.72. The molecule has 0 unspecified atom stereocenters. The zero-order valence-corrected chi connectivity index (χ0v) is 14.4. The minimum atomic E-state index is 0.737. The van der Waals surface area contributed by atoms with Crippen LogP contribution in [0.2, 0.25) is 0 Å². The lowest BCUT2D eigenvalue weighted by molar-refractivity contribution is 1.10. The Balaban J connectivity index is 1.47. The smallest absolute Gasteiger partial charge is 0.163 e. The molecule has 4 nitrogen and oxygen atoms in total. The van der Waals surface area contributed by atoms with Crippen LogP contribution in [0.25, 0.3) is 11.0 Å². The maximum Gasteiger partial charge on any atom is 0.163 e. The number of aromatic nitrogens is 2. The van der Waals surface area contributed by atoms with Gasteiger partial charge < -0.3 is 10.6 Å². The molecule has 2 aromatic carbocycles. The first-order chi connectivity index (χ1) is 12.9. The van der Waals surface area contributed by atoms with Crippen molar-refractivity contribution in [3.8, 4) is 0 Å². The molecule has 0 bridgehead atoms. The molecule has 0 radical (unpaired) electrons. The molecule has 0 aliphatic heterocycles. The van der Waals surface area contributed by atoms with Crippen LogP contribution in [0.1, 0.15) is 11.1 Å². The number of nitrogens with zero attached hydrogens (tertiary/aromatic N) is 2. The van der Waals surface area contributed by atoms with E-state index in [1.165, 1.54) is 11.1 Å². The van der Waals surface area contributed by atoms with Crippen LogP contribution in [0.4, 0.5) is 11.6 Å². The Bertz CT molecular complexity index is 906. The van der Waals surface area contributed by atoms with Gasteiger partial charge in [0, 0.05) is 18.5 Å². The van der Waals surface area contributed by atoms with Gasteiger partial charge in [0.25, 0.3) is 0 Å². The zero-order valence-electron chi connectivity index (χ0n) is 14.4. The molecule has 0 fully saturated rings. The third kappa shape index (κ3) is 3.98. The number of rotatable bonds is 6. The van der Waals surface area contributed by atoms with Gasteiger partial charge in [-0.3, -0.25) is 0 Å². The molecule has 128 valence electrons.